The first kappa shape index (κ1) is 20.3. The van der Waals surface area contributed by atoms with E-state index in [1.807, 2.05) is 26.0 Å². The van der Waals surface area contributed by atoms with Crippen LogP contribution in [0.3, 0.4) is 0 Å². The summed E-state index contributed by atoms with van der Waals surface area (Å²) in [4.78, 5) is 0. The van der Waals surface area contributed by atoms with E-state index in [2.05, 4.69) is 92.5 Å². The fraction of sp³-hybridized carbons (Fsp3) is 0.111. The fourth-order valence-electron chi connectivity index (χ4n) is 4.98. The van der Waals surface area contributed by atoms with Gasteiger partial charge in [-0.05, 0) is 102 Å². The third kappa shape index (κ3) is 2.81. The van der Waals surface area contributed by atoms with Gasteiger partial charge in [0.15, 0.2) is 0 Å². The molecule has 0 radical (unpaired) electrons. The molecule has 0 spiro atoms. The van der Waals surface area contributed by atoms with Crippen molar-refractivity contribution in [1.82, 2.24) is 0 Å². The number of hydrogen-bond acceptors (Lipinski definition) is 2. The van der Waals surface area contributed by atoms with Crippen molar-refractivity contribution in [3.8, 4) is 22.6 Å². The van der Waals surface area contributed by atoms with E-state index in [0.29, 0.717) is 14.7 Å². The van der Waals surface area contributed by atoms with Crippen molar-refractivity contribution in [2.75, 3.05) is 0 Å². The highest BCUT2D eigenvalue weighted by molar-refractivity contribution is 9.11. The predicted octanol–water partition coefficient (Wildman–Crippen LogP) is 7.60. The number of halogens is 2. The van der Waals surface area contributed by atoms with E-state index in [9.17, 15) is 10.2 Å². The molecule has 31 heavy (non-hydrogen) atoms. The maximum absolute atomic E-state index is 10.5. The van der Waals surface area contributed by atoms with Crippen molar-refractivity contribution >= 4 is 31.9 Å². The monoisotopic (exact) mass is 534 g/mol. The number of fused-ring (bicyclic) bond motifs is 3. The molecule has 0 heterocycles. The molecule has 4 heteroatoms. The van der Waals surface area contributed by atoms with Crippen molar-refractivity contribution < 1.29 is 10.2 Å². The number of phenolic OH excluding ortho intramolecular Hbond substituents is 2. The molecule has 0 aromatic heterocycles. The summed E-state index contributed by atoms with van der Waals surface area (Å²) in [6.07, 6.45) is 0. The maximum atomic E-state index is 10.5. The summed E-state index contributed by atoms with van der Waals surface area (Å²) in [5.74, 6) is 0.503. The molecule has 0 unspecified atom stereocenters. The molecule has 0 saturated heterocycles. The first-order chi connectivity index (χ1) is 14.9. The van der Waals surface area contributed by atoms with Gasteiger partial charge in [-0.25, -0.2) is 0 Å². The van der Waals surface area contributed by atoms with Crippen LogP contribution in [0.4, 0.5) is 0 Å². The first-order valence-corrected chi connectivity index (χ1v) is 11.6. The summed E-state index contributed by atoms with van der Waals surface area (Å²) in [6.45, 7) is 3.88. The van der Waals surface area contributed by atoms with Crippen LogP contribution in [0.5, 0.6) is 11.5 Å². The van der Waals surface area contributed by atoms with Gasteiger partial charge in [-0.3, -0.25) is 0 Å². The van der Waals surface area contributed by atoms with Crippen LogP contribution in [-0.2, 0) is 5.41 Å². The molecular formula is C27H20Br2O2. The summed E-state index contributed by atoms with van der Waals surface area (Å²) >= 11 is 7.08. The lowest BCUT2D eigenvalue weighted by Gasteiger charge is -2.35. The number of benzene rings is 4. The van der Waals surface area contributed by atoms with Crippen LogP contribution in [0.2, 0.25) is 0 Å². The lowest BCUT2D eigenvalue weighted by molar-refractivity contribution is 0.466. The van der Waals surface area contributed by atoms with E-state index in [0.717, 1.165) is 22.3 Å². The van der Waals surface area contributed by atoms with E-state index in [1.54, 1.807) is 0 Å². The van der Waals surface area contributed by atoms with Gasteiger partial charge in [0, 0.05) is 0 Å². The Morgan fingerprint density at radius 3 is 1.52 bits per heavy atom. The lowest BCUT2D eigenvalue weighted by Crippen LogP contribution is -2.29. The zero-order valence-electron chi connectivity index (χ0n) is 17.1. The van der Waals surface area contributed by atoms with Gasteiger partial charge >= 0.3 is 0 Å². The van der Waals surface area contributed by atoms with Crippen molar-refractivity contribution in [3.05, 3.63) is 115 Å². The van der Waals surface area contributed by atoms with E-state index in [1.165, 1.54) is 22.3 Å². The van der Waals surface area contributed by atoms with E-state index < -0.39 is 5.41 Å². The molecule has 1 aliphatic rings. The average molecular weight is 536 g/mol. The highest BCUT2D eigenvalue weighted by atomic mass is 79.9. The number of rotatable bonds is 2. The van der Waals surface area contributed by atoms with Crippen LogP contribution in [0.1, 0.15) is 33.4 Å². The Kier molecular flexibility index (Phi) is 4.76. The number of aryl methyl sites for hydroxylation is 2. The molecule has 154 valence electrons. The number of hydrogen-bond donors (Lipinski definition) is 2. The zero-order valence-corrected chi connectivity index (χ0v) is 20.3. The third-order valence-corrected chi connectivity index (χ3v) is 7.54. The number of phenols is 2. The smallest absolute Gasteiger partial charge is 0.143 e. The second-order valence-electron chi connectivity index (χ2n) is 8.09. The normalized spacial score (nSPS) is 13.7. The van der Waals surface area contributed by atoms with Gasteiger partial charge in [0.25, 0.3) is 0 Å². The SMILES string of the molecule is Cc1cc(C2(c3cc(Br)c(O)c(Br)c3)c3ccccc3-c3ccccc32)cc(C)c1O. The molecule has 4 aromatic carbocycles. The molecule has 0 bridgehead atoms. The quantitative estimate of drug-likeness (QED) is 0.244. The van der Waals surface area contributed by atoms with E-state index in [-0.39, 0.29) is 5.75 Å². The molecule has 0 aliphatic heterocycles. The second-order valence-corrected chi connectivity index (χ2v) is 9.80. The minimum absolute atomic E-state index is 0.177. The number of aromatic hydroxyl groups is 2. The lowest BCUT2D eigenvalue weighted by atomic mass is 9.67. The largest absolute Gasteiger partial charge is 0.507 e. The Morgan fingerprint density at radius 1 is 0.613 bits per heavy atom. The fourth-order valence-corrected chi connectivity index (χ4v) is 6.16. The molecule has 0 atom stereocenters. The van der Waals surface area contributed by atoms with Gasteiger partial charge in [0.05, 0.1) is 14.4 Å². The van der Waals surface area contributed by atoms with Crippen LogP contribution in [-0.4, -0.2) is 10.2 Å². The minimum Gasteiger partial charge on any atom is -0.507 e. The Hall–Kier alpha value is -2.56. The van der Waals surface area contributed by atoms with Gasteiger partial charge in [0.2, 0.25) is 0 Å². The van der Waals surface area contributed by atoms with E-state index >= 15 is 0 Å². The van der Waals surface area contributed by atoms with Crippen LogP contribution in [0, 0.1) is 13.8 Å². The highest BCUT2D eigenvalue weighted by Crippen LogP contribution is 2.57. The van der Waals surface area contributed by atoms with E-state index in [4.69, 9.17) is 0 Å². The molecule has 4 aromatic rings. The predicted molar refractivity (Wildman–Crippen MR) is 132 cm³/mol. The van der Waals surface area contributed by atoms with Crippen LogP contribution < -0.4 is 0 Å². The standard InChI is InChI=1S/C27H20Br2O2/c1-15-11-17(12-16(2)25(15)30)27(18-13-23(28)26(31)24(29)14-18)21-9-5-3-7-19(21)20-8-4-6-10-22(20)27/h3-14,30-31H,1-2H3. The summed E-state index contributed by atoms with van der Waals surface area (Å²) in [5, 5.41) is 20.9. The first-order valence-electron chi connectivity index (χ1n) is 10.0. The molecule has 0 fully saturated rings. The summed E-state index contributed by atoms with van der Waals surface area (Å²) < 4.78 is 1.26. The van der Waals surface area contributed by atoms with Crippen LogP contribution in [0.25, 0.3) is 11.1 Å². The summed E-state index contributed by atoms with van der Waals surface area (Å²) in [6, 6.07) is 25.1. The zero-order chi connectivity index (χ0) is 21.9. The maximum Gasteiger partial charge on any atom is 0.143 e. The van der Waals surface area contributed by atoms with Gasteiger partial charge in [0.1, 0.15) is 11.5 Å². The molecule has 0 amide bonds. The topological polar surface area (TPSA) is 40.5 Å². The molecule has 1 aliphatic carbocycles. The van der Waals surface area contributed by atoms with Gasteiger partial charge in [-0.1, -0.05) is 60.7 Å². The Bertz CT molecular complexity index is 1210. The molecule has 0 saturated carbocycles. The third-order valence-electron chi connectivity index (χ3n) is 6.33. The minimum atomic E-state index is -0.588. The average Bonchev–Trinajstić information content (AvgIpc) is 3.06. The summed E-state index contributed by atoms with van der Waals surface area (Å²) in [5.41, 5.74) is 7.98. The Labute approximate surface area is 198 Å². The Balaban J connectivity index is 2.00. The van der Waals surface area contributed by atoms with Crippen molar-refractivity contribution in [2.45, 2.75) is 19.3 Å². The van der Waals surface area contributed by atoms with Crippen molar-refractivity contribution in [2.24, 2.45) is 0 Å². The molecular weight excluding hydrogens is 516 g/mol. The summed E-state index contributed by atoms with van der Waals surface area (Å²) in [7, 11) is 0. The van der Waals surface area contributed by atoms with Gasteiger partial charge in [-0.2, -0.15) is 0 Å². The molecule has 5 rings (SSSR count). The van der Waals surface area contributed by atoms with Crippen molar-refractivity contribution in [3.63, 3.8) is 0 Å². The van der Waals surface area contributed by atoms with Gasteiger partial charge < -0.3 is 10.2 Å². The molecule has 2 nitrogen and oxygen atoms in total. The van der Waals surface area contributed by atoms with Crippen LogP contribution in [0.15, 0.2) is 81.7 Å². The van der Waals surface area contributed by atoms with Crippen molar-refractivity contribution in [1.29, 1.82) is 0 Å². The second kappa shape index (κ2) is 7.25. The highest BCUT2D eigenvalue weighted by Gasteiger charge is 2.46. The van der Waals surface area contributed by atoms with Crippen LogP contribution >= 0.6 is 31.9 Å². The Morgan fingerprint density at radius 2 is 1.03 bits per heavy atom. The molecule has 2 N–H and O–H groups in total. The van der Waals surface area contributed by atoms with Gasteiger partial charge in [-0.15, -0.1) is 0 Å².